The first kappa shape index (κ1) is 14.0. The van der Waals surface area contributed by atoms with Crippen LogP contribution in [-0.2, 0) is 12.8 Å². The average molecular weight is 297 g/mol. The summed E-state index contributed by atoms with van der Waals surface area (Å²) in [4.78, 5) is 4.56. The molecule has 0 N–H and O–H groups in total. The van der Waals surface area contributed by atoms with Gasteiger partial charge in [-0.25, -0.2) is 9.37 Å². The fourth-order valence-corrected chi connectivity index (χ4v) is 3.35. The van der Waals surface area contributed by atoms with Crippen molar-refractivity contribution in [3.63, 3.8) is 0 Å². The molecule has 0 saturated carbocycles. The number of hydrogen-bond acceptors (Lipinski definition) is 2. The van der Waals surface area contributed by atoms with Gasteiger partial charge < -0.3 is 0 Å². The predicted molar refractivity (Wildman–Crippen MR) is 87.3 cm³/mol. The maximum absolute atomic E-state index is 13.2. The summed E-state index contributed by atoms with van der Waals surface area (Å²) >= 11 is 1.56. The Labute approximate surface area is 127 Å². The third kappa shape index (κ3) is 3.37. The van der Waals surface area contributed by atoms with E-state index in [0.717, 1.165) is 33.6 Å². The number of fused-ring (bicyclic) bond motifs is 1. The summed E-state index contributed by atoms with van der Waals surface area (Å²) in [7, 11) is 0. The number of nitrogens with zero attached hydrogens (tertiary/aromatic N) is 1. The number of hydrogen-bond donors (Lipinski definition) is 0. The Hall–Kier alpha value is -2.00. The number of benzene rings is 2. The highest BCUT2D eigenvalue weighted by Gasteiger charge is 2.06. The van der Waals surface area contributed by atoms with Crippen molar-refractivity contribution in [2.24, 2.45) is 0 Å². The first-order valence-electron chi connectivity index (χ1n) is 6.87. The van der Waals surface area contributed by atoms with Gasteiger partial charge in [-0.2, -0.15) is 0 Å². The summed E-state index contributed by atoms with van der Waals surface area (Å²) in [6.07, 6.45) is 1.70. The molecule has 0 unspecified atom stereocenters. The third-order valence-corrected chi connectivity index (χ3v) is 4.30. The molecule has 1 aromatic heterocycles. The molecule has 0 atom stereocenters. The van der Waals surface area contributed by atoms with Crippen molar-refractivity contribution in [1.82, 2.24) is 4.98 Å². The molecule has 3 heteroatoms. The van der Waals surface area contributed by atoms with Gasteiger partial charge in [-0.15, -0.1) is 11.3 Å². The van der Waals surface area contributed by atoms with Crippen LogP contribution >= 0.6 is 11.3 Å². The summed E-state index contributed by atoms with van der Waals surface area (Å²) < 4.78 is 14.1. The van der Waals surface area contributed by atoms with Crippen LogP contribution in [-0.4, -0.2) is 4.98 Å². The number of thiazole rings is 1. The average Bonchev–Trinajstić information content (AvgIpc) is 2.82. The zero-order chi connectivity index (χ0) is 14.8. The molecule has 21 heavy (non-hydrogen) atoms. The van der Waals surface area contributed by atoms with E-state index in [4.69, 9.17) is 0 Å². The van der Waals surface area contributed by atoms with Gasteiger partial charge in [0, 0.05) is 6.42 Å². The van der Waals surface area contributed by atoms with Crippen molar-refractivity contribution in [2.75, 3.05) is 0 Å². The molecular weight excluding hydrogens is 281 g/mol. The van der Waals surface area contributed by atoms with E-state index in [0.29, 0.717) is 0 Å². The molecule has 0 aliphatic carbocycles. The molecule has 0 spiro atoms. The topological polar surface area (TPSA) is 12.9 Å². The van der Waals surface area contributed by atoms with Crippen molar-refractivity contribution in [1.29, 1.82) is 0 Å². The van der Waals surface area contributed by atoms with E-state index in [-0.39, 0.29) is 5.82 Å². The molecule has 0 saturated heterocycles. The van der Waals surface area contributed by atoms with Crippen LogP contribution in [0.25, 0.3) is 10.2 Å². The Bertz CT molecular complexity index is 787. The van der Waals surface area contributed by atoms with Crippen molar-refractivity contribution < 1.29 is 4.39 Å². The fourth-order valence-electron chi connectivity index (χ4n) is 2.32. The molecular formula is C18H16FNS. The van der Waals surface area contributed by atoms with Gasteiger partial charge in [0.1, 0.15) is 5.82 Å². The lowest BCUT2D eigenvalue weighted by molar-refractivity contribution is 0.630. The number of rotatable bonds is 4. The van der Waals surface area contributed by atoms with Gasteiger partial charge in [0.15, 0.2) is 0 Å². The van der Waals surface area contributed by atoms with E-state index in [1.54, 1.807) is 23.5 Å². The molecule has 106 valence electrons. The molecule has 1 nitrogen and oxygen atoms in total. The third-order valence-electron chi connectivity index (χ3n) is 3.28. The molecule has 0 aliphatic heterocycles. The minimum absolute atomic E-state index is 0.207. The largest absolute Gasteiger partial charge is 0.241 e. The smallest absolute Gasteiger partial charge is 0.124 e. The van der Waals surface area contributed by atoms with Crippen LogP contribution in [0.5, 0.6) is 0 Å². The maximum atomic E-state index is 13.2. The van der Waals surface area contributed by atoms with Crippen molar-refractivity contribution in [3.05, 3.63) is 76.6 Å². The summed E-state index contributed by atoms with van der Waals surface area (Å²) in [6.45, 7) is 5.97. The molecule has 0 radical (unpaired) electrons. The molecule has 0 amide bonds. The van der Waals surface area contributed by atoms with E-state index in [9.17, 15) is 4.39 Å². The number of aromatic nitrogens is 1. The molecule has 2 aromatic carbocycles. The lowest BCUT2D eigenvalue weighted by atomic mass is 10.0. The quantitative estimate of drug-likeness (QED) is 0.607. The predicted octanol–water partition coefficient (Wildman–Crippen LogP) is 5.14. The van der Waals surface area contributed by atoms with Crippen LogP contribution in [0.3, 0.4) is 0 Å². The first-order valence-corrected chi connectivity index (χ1v) is 7.69. The first-order chi connectivity index (χ1) is 10.1. The second kappa shape index (κ2) is 5.78. The van der Waals surface area contributed by atoms with Crippen LogP contribution in [0.1, 0.15) is 23.1 Å². The zero-order valence-corrected chi connectivity index (χ0v) is 12.7. The second-order valence-corrected chi connectivity index (χ2v) is 6.46. The van der Waals surface area contributed by atoms with Gasteiger partial charge in [0.25, 0.3) is 0 Å². The minimum Gasteiger partial charge on any atom is -0.241 e. The SMILES string of the molecule is C=C(C)Cc1ccc(Cc2nc3ccc(F)cc3s2)cc1. The van der Waals surface area contributed by atoms with E-state index in [2.05, 4.69) is 35.8 Å². The minimum atomic E-state index is -0.207. The van der Waals surface area contributed by atoms with Gasteiger partial charge in [-0.1, -0.05) is 36.4 Å². The van der Waals surface area contributed by atoms with Gasteiger partial charge in [-0.05, 0) is 42.7 Å². The Kier molecular flexibility index (Phi) is 3.84. The van der Waals surface area contributed by atoms with Gasteiger partial charge >= 0.3 is 0 Å². The van der Waals surface area contributed by atoms with Crippen LogP contribution < -0.4 is 0 Å². The summed E-state index contributed by atoms with van der Waals surface area (Å²) in [6, 6.07) is 13.3. The van der Waals surface area contributed by atoms with E-state index in [1.165, 1.54) is 17.2 Å². The molecule has 0 fully saturated rings. The summed E-state index contributed by atoms with van der Waals surface area (Å²) in [5.74, 6) is -0.207. The maximum Gasteiger partial charge on any atom is 0.124 e. The Morgan fingerprint density at radius 2 is 1.86 bits per heavy atom. The van der Waals surface area contributed by atoms with Gasteiger partial charge in [0.05, 0.1) is 15.2 Å². The number of allylic oxidation sites excluding steroid dienone is 1. The molecule has 0 aliphatic rings. The number of halogens is 1. The zero-order valence-electron chi connectivity index (χ0n) is 11.9. The molecule has 1 heterocycles. The van der Waals surface area contributed by atoms with Gasteiger partial charge in [0.2, 0.25) is 0 Å². The van der Waals surface area contributed by atoms with E-state index >= 15 is 0 Å². The van der Waals surface area contributed by atoms with E-state index in [1.807, 2.05) is 6.92 Å². The van der Waals surface area contributed by atoms with Crippen LogP contribution in [0.15, 0.2) is 54.6 Å². The van der Waals surface area contributed by atoms with Crippen LogP contribution in [0.2, 0.25) is 0 Å². The lowest BCUT2D eigenvalue weighted by Crippen LogP contribution is -1.89. The highest BCUT2D eigenvalue weighted by Crippen LogP contribution is 2.25. The van der Waals surface area contributed by atoms with Gasteiger partial charge in [-0.3, -0.25) is 0 Å². The Morgan fingerprint density at radius 3 is 2.57 bits per heavy atom. The lowest BCUT2D eigenvalue weighted by Gasteiger charge is -2.02. The summed E-state index contributed by atoms with van der Waals surface area (Å²) in [5.41, 5.74) is 4.53. The molecule has 0 bridgehead atoms. The van der Waals surface area contributed by atoms with Crippen LogP contribution in [0, 0.1) is 5.82 Å². The second-order valence-electron chi connectivity index (χ2n) is 5.35. The Balaban J connectivity index is 1.79. The van der Waals surface area contributed by atoms with Crippen molar-refractivity contribution >= 4 is 21.6 Å². The highest BCUT2D eigenvalue weighted by molar-refractivity contribution is 7.18. The normalized spacial score (nSPS) is 11.0. The van der Waals surface area contributed by atoms with Crippen LogP contribution in [0.4, 0.5) is 4.39 Å². The highest BCUT2D eigenvalue weighted by atomic mass is 32.1. The van der Waals surface area contributed by atoms with E-state index < -0.39 is 0 Å². The monoisotopic (exact) mass is 297 g/mol. The Morgan fingerprint density at radius 1 is 1.14 bits per heavy atom. The van der Waals surface area contributed by atoms with Crippen molar-refractivity contribution in [2.45, 2.75) is 19.8 Å². The standard InChI is InChI=1S/C18H16FNS/c1-12(2)9-13-3-5-14(6-4-13)10-18-20-16-8-7-15(19)11-17(16)21-18/h3-8,11H,1,9-10H2,2H3. The molecule has 3 rings (SSSR count). The fraction of sp³-hybridized carbons (Fsp3) is 0.167. The summed E-state index contributed by atoms with van der Waals surface area (Å²) in [5, 5.41) is 1.02. The molecule has 3 aromatic rings. The van der Waals surface area contributed by atoms with Crippen molar-refractivity contribution in [3.8, 4) is 0 Å².